The Morgan fingerprint density at radius 3 is 2.62 bits per heavy atom. The second kappa shape index (κ2) is 7.72. The average molecular weight is 393 g/mol. The Bertz CT molecular complexity index is 1130. The summed E-state index contributed by atoms with van der Waals surface area (Å²) >= 11 is 0. The van der Waals surface area contributed by atoms with E-state index in [-0.39, 0.29) is 29.3 Å². The van der Waals surface area contributed by atoms with Crippen molar-refractivity contribution in [3.63, 3.8) is 0 Å². The van der Waals surface area contributed by atoms with Crippen LogP contribution in [0.2, 0.25) is 0 Å². The van der Waals surface area contributed by atoms with Crippen molar-refractivity contribution in [3.8, 4) is 5.75 Å². The number of likely N-dealkylation sites (tertiary alicyclic amines) is 1. The van der Waals surface area contributed by atoms with Crippen LogP contribution < -0.4 is 5.63 Å². The maximum atomic E-state index is 12.4. The summed E-state index contributed by atoms with van der Waals surface area (Å²) in [4.78, 5) is 26.4. The number of para-hydroxylation sites is 1. The normalized spacial score (nSPS) is 15.6. The number of fused-ring (bicyclic) bond motifs is 1. The molecule has 0 saturated carbocycles. The minimum absolute atomic E-state index is 0.0369. The summed E-state index contributed by atoms with van der Waals surface area (Å²) in [7, 11) is 0. The standard InChI is InChI=1S/C23H23NO5/c1-14(24-10-4-5-11-24)18-12-15(8-9-16(18)22(26)27)13-19-21(25)17-6-2-3-7-20(17)29-23(19)28/h2-3,6-9,12,14,25H,4-5,10-11,13H2,1H3,(H,26,27). The van der Waals surface area contributed by atoms with Crippen LogP contribution in [-0.2, 0) is 6.42 Å². The van der Waals surface area contributed by atoms with Crippen LogP contribution in [0.4, 0.5) is 0 Å². The number of hydrogen-bond donors (Lipinski definition) is 2. The average Bonchev–Trinajstić information content (AvgIpc) is 3.25. The SMILES string of the molecule is CC(c1cc(Cc2c(O)c3ccccc3oc2=O)ccc1C(=O)O)N1CCCC1. The minimum atomic E-state index is -0.967. The van der Waals surface area contributed by atoms with Gasteiger partial charge in [-0.25, -0.2) is 9.59 Å². The monoisotopic (exact) mass is 393 g/mol. The molecule has 0 amide bonds. The summed E-state index contributed by atoms with van der Waals surface area (Å²) in [6.07, 6.45) is 2.38. The fraction of sp³-hybridized carbons (Fsp3) is 0.304. The van der Waals surface area contributed by atoms with Gasteiger partial charge in [-0.2, -0.15) is 0 Å². The molecular formula is C23H23NO5. The quantitative estimate of drug-likeness (QED) is 0.638. The maximum Gasteiger partial charge on any atom is 0.343 e. The topological polar surface area (TPSA) is 91.0 Å². The van der Waals surface area contributed by atoms with Gasteiger partial charge in [0.2, 0.25) is 0 Å². The lowest BCUT2D eigenvalue weighted by Crippen LogP contribution is -2.25. The third-order valence-corrected chi connectivity index (χ3v) is 5.74. The number of nitrogens with zero attached hydrogens (tertiary/aromatic N) is 1. The number of benzene rings is 2. The van der Waals surface area contributed by atoms with Crippen molar-refractivity contribution in [3.05, 3.63) is 75.1 Å². The first-order valence-electron chi connectivity index (χ1n) is 9.79. The highest BCUT2D eigenvalue weighted by Gasteiger charge is 2.24. The van der Waals surface area contributed by atoms with Crippen LogP contribution in [0.15, 0.2) is 51.7 Å². The van der Waals surface area contributed by atoms with Gasteiger partial charge in [-0.3, -0.25) is 4.90 Å². The number of carbonyl (C=O) groups is 1. The molecule has 1 unspecified atom stereocenters. The Morgan fingerprint density at radius 1 is 1.17 bits per heavy atom. The van der Waals surface area contributed by atoms with E-state index in [9.17, 15) is 19.8 Å². The van der Waals surface area contributed by atoms with E-state index in [1.165, 1.54) is 0 Å². The van der Waals surface area contributed by atoms with Crippen LogP contribution in [0.5, 0.6) is 5.75 Å². The summed E-state index contributed by atoms with van der Waals surface area (Å²) in [6, 6.07) is 11.9. The minimum Gasteiger partial charge on any atom is -0.507 e. The highest BCUT2D eigenvalue weighted by molar-refractivity contribution is 5.89. The number of hydrogen-bond acceptors (Lipinski definition) is 5. The summed E-state index contributed by atoms with van der Waals surface area (Å²) in [5.41, 5.74) is 1.67. The predicted molar refractivity (Wildman–Crippen MR) is 110 cm³/mol. The van der Waals surface area contributed by atoms with E-state index in [0.717, 1.165) is 37.1 Å². The molecule has 150 valence electrons. The largest absolute Gasteiger partial charge is 0.507 e. The third-order valence-electron chi connectivity index (χ3n) is 5.74. The molecule has 29 heavy (non-hydrogen) atoms. The Hall–Kier alpha value is -3.12. The van der Waals surface area contributed by atoms with Crippen molar-refractivity contribution in [2.75, 3.05) is 13.1 Å². The Labute approximate surface area is 168 Å². The van der Waals surface area contributed by atoms with Gasteiger partial charge in [0.05, 0.1) is 16.5 Å². The molecule has 1 saturated heterocycles. The Morgan fingerprint density at radius 2 is 1.90 bits per heavy atom. The summed E-state index contributed by atoms with van der Waals surface area (Å²) in [6.45, 7) is 3.90. The van der Waals surface area contributed by atoms with Crippen molar-refractivity contribution in [1.82, 2.24) is 4.90 Å². The molecule has 0 bridgehead atoms. The van der Waals surface area contributed by atoms with E-state index in [1.54, 1.807) is 36.4 Å². The zero-order chi connectivity index (χ0) is 20.5. The van der Waals surface area contributed by atoms with Gasteiger partial charge in [0.25, 0.3) is 0 Å². The zero-order valence-corrected chi connectivity index (χ0v) is 16.2. The van der Waals surface area contributed by atoms with Crippen molar-refractivity contribution in [2.24, 2.45) is 0 Å². The van der Waals surface area contributed by atoms with Crippen molar-refractivity contribution < 1.29 is 19.4 Å². The molecule has 4 rings (SSSR count). The smallest absolute Gasteiger partial charge is 0.343 e. The van der Waals surface area contributed by atoms with Gasteiger partial charge in [0, 0.05) is 12.5 Å². The van der Waals surface area contributed by atoms with Gasteiger partial charge in [-0.1, -0.05) is 24.3 Å². The van der Waals surface area contributed by atoms with Crippen molar-refractivity contribution in [2.45, 2.75) is 32.2 Å². The summed E-state index contributed by atoms with van der Waals surface area (Å²) in [5, 5.41) is 20.7. The van der Waals surface area contributed by atoms with Crippen molar-refractivity contribution >= 4 is 16.9 Å². The van der Waals surface area contributed by atoms with Gasteiger partial charge < -0.3 is 14.6 Å². The number of rotatable bonds is 5. The predicted octanol–water partition coefficient (Wildman–Crippen LogP) is 3.94. The van der Waals surface area contributed by atoms with E-state index >= 15 is 0 Å². The Balaban J connectivity index is 1.75. The Kier molecular flexibility index (Phi) is 5.11. The molecule has 6 heteroatoms. The van der Waals surface area contributed by atoms with Crippen LogP contribution in [0.3, 0.4) is 0 Å². The molecule has 3 aromatic rings. The maximum absolute atomic E-state index is 12.4. The lowest BCUT2D eigenvalue weighted by Gasteiger charge is -2.26. The zero-order valence-electron chi connectivity index (χ0n) is 16.2. The second-order valence-electron chi connectivity index (χ2n) is 7.54. The molecule has 1 aliphatic heterocycles. The van der Waals surface area contributed by atoms with Gasteiger partial charge in [-0.15, -0.1) is 0 Å². The van der Waals surface area contributed by atoms with Crippen molar-refractivity contribution in [1.29, 1.82) is 0 Å². The molecule has 1 fully saturated rings. The highest BCUT2D eigenvalue weighted by atomic mass is 16.4. The molecule has 1 atom stereocenters. The molecule has 6 nitrogen and oxygen atoms in total. The first-order valence-corrected chi connectivity index (χ1v) is 9.79. The first-order chi connectivity index (χ1) is 14.0. The van der Waals surface area contributed by atoms with Gasteiger partial charge in [-0.05, 0) is 62.2 Å². The lowest BCUT2D eigenvalue weighted by molar-refractivity contribution is 0.0693. The van der Waals surface area contributed by atoms with Gasteiger partial charge in [0.15, 0.2) is 0 Å². The molecule has 2 N–H and O–H groups in total. The van der Waals surface area contributed by atoms with E-state index in [4.69, 9.17) is 4.42 Å². The number of carboxylic acid groups (broad SMARTS) is 1. The van der Waals surface area contributed by atoms with Crippen LogP contribution in [-0.4, -0.2) is 34.2 Å². The van der Waals surface area contributed by atoms with Gasteiger partial charge in [0.1, 0.15) is 11.3 Å². The number of carboxylic acids is 1. The summed E-state index contributed by atoms with van der Waals surface area (Å²) < 4.78 is 5.35. The van der Waals surface area contributed by atoms with E-state index in [1.807, 2.05) is 13.0 Å². The van der Waals surface area contributed by atoms with Crippen LogP contribution in [0.1, 0.15) is 52.9 Å². The molecular weight excluding hydrogens is 370 g/mol. The molecule has 1 aromatic heterocycles. The molecule has 2 heterocycles. The van der Waals surface area contributed by atoms with E-state index in [0.29, 0.717) is 11.0 Å². The van der Waals surface area contributed by atoms with Crippen LogP contribution in [0, 0.1) is 0 Å². The molecule has 1 aliphatic rings. The molecule has 0 spiro atoms. The first kappa shape index (κ1) is 19.2. The molecule has 2 aromatic carbocycles. The molecule has 0 aliphatic carbocycles. The summed E-state index contributed by atoms with van der Waals surface area (Å²) in [5.74, 6) is -1.06. The lowest BCUT2D eigenvalue weighted by atomic mass is 9.95. The second-order valence-corrected chi connectivity index (χ2v) is 7.54. The highest BCUT2D eigenvalue weighted by Crippen LogP contribution is 2.31. The van der Waals surface area contributed by atoms with Crippen LogP contribution >= 0.6 is 0 Å². The van der Waals surface area contributed by atoms with Crippen LogP contribution in [0.25, 0.3) is 11.0 Å². The fourth-order valence-electron chi connectivity index (χ4n) is 4.12. The molecule has 0 radical (unpaired) electrons. The fourth-order valence-corrected chi connectivity index (χ4v) is 4.12. The van der Waals surface area contributed by atoms with E-state index in [2.05, 4.69) is 4.90 Å². The third kappa shape index (κ3) is 3.63. The van der Waals surface area contributed by atoms with E-state index < -0.39 is 11.6 Å². The number of aromatic hydroxyl groups is 1. The number of aromatic carboxylic acids is 1. The van der Waals surface area contributed by atoms with Gasteiger partial charge >= 0.3 is 11.6 Å².